The van der Waals surface area contributed by atoms with Gasteiger partial charge in [0, 0.05) is 18.7 Å². The van der Waals surface area contributed by atoms with E-state index >= 15 is 0 Å². The van der Waals surface area contributed by atoms with Crippen LogP contribution in [0.25, 0.3) is 0 Å². The smallest absolute Gasteiger partial charge is 0.257 e. The van der Waals surface area contributed by atoms with Crippen LogP contribution in [0.5, 0.6) is 0 Å². The van der Waals surface area contributed by atoms with Gasteiger partial charge in [0.15, 0.2) is 0 Å². The van der Waals surface area contributed by atoms with Gasteiger partial charge in [0.1, 0.15) is 11.6 Å². The Kier molecular flexibility index (Phi) is 9.24. The number of carbonyl (C=O) groups excluding carboxylic acids is 2. The molecule has 10 heteroatoms. The van der Waals surface area contributed by atoms with Crippen molar-refractivity contribution in [1.29, 1.82) is 0 Å². The molecule has 1 heterocycles. The fourth-order valence-corrected chi connectivity index (χ4v) is 4.71. The van der Waals surface area contributed by atoms with Crippen LogP contribution in [-0.2, 0) is 29.2 Å². The summed E-state index contributed by atoms with van der Waals surface area (Å²) in [5.74, 6) is -0.868. The third-order valence-corrected chi connectivity index (χ3v) is 6.61. The van der Waals surface area contributed by atoms with E-state index in [0.717, 1.165) is 4.31 Å². The lowest BCUT2D eigenvalue weighted by molar-refractivity contribution is -0.116. The monoisotopic (exact) mass is 548 g/mol. The Morgan fingerprint density at radius 3 is 2.33 bits per heavy atom. The molecule has 0 saturated carbocycles. The zero-order chi connectivity index (χ0) is 27.8. The van der Waals surface area contributed by atoms with E-state index in [2.05, 4.69) is 5.32 Å². The Hall–Kier alpha value is -4.28. The molecule has 4 rings (SSSR count). The highest BCUT2D eigenvalue weighted by Gasteiger charge is 2.23. The van der Waals surface area contributed by atoms with Gasteiger partial charge in [0.25, 0.3) is 5.91 Å². The van der Waals surface area contributed by atoms with Crippen molar-refractivity contribution < 1.29 is 27.2 Å². The van der Waals surface area contributed by atoms with Crippen molar-refractivity contribution in [2.24, 2.45) is 0 Å². The van der Waals surface area contributed by atoms with Gasteiger partial charge in [0.2, 0.25) is 5.91 Å². The number of hydrogen-bond donors (Lipinski definition) is 1. The van der Waals surface area contributed by atoms with Crippen LogP contribution in [-0.4, -0.2) is 25.5 Å². The molecule has 0 fully saturated rings. The van der Waals surface area contributed by atoms with Crippen molar-refractivity contribution >= 4 is 40.1 Å². The summed E-state index contributed by atoms with van der Waals surface area (Å²) in [5.41, 5.74) is 1.61. The Morgan fingerprint density at radius 1 is 0.949 bits per heavy atom. The van der Waals surface area contributed by atoms with Gasteiger partial charge in [-0.25, -0.2) is 4.39 Å². The highest BCUT2D eigenvalue weighted by Crippen LogP contribution is 2.32. The number of carbonyl (C=O) groups is 2. The molecule has 1 atom stereocenters. The van der Waals surface area contributed by atoms with Crippen LogP contribution in [0.2, 0.25) is 0 Å². The van der Waals surface area contributed by atoms with Crippen molar-refractivity contribution in [2.45, 2.75) is 32.9 Å². The molecule has 0 aliphatic carbocycles. The van der Waals surface area contributed by atoms with Gasteiger partial charge in [0.05, 0.1) is 41.0 Å². The third kappa shape index (κ3) is 6.98. The molecule has 2 amide bonds. The highest BCUT2D eigenvalue weighted by atomic mass is 32.2. The fraction of sp³-hybridized carbons (Fsp3) is 0.172. The predicted octanol–water partition coefficient (Wildman–Crippen LogP) is 5.93. The van der Waals surface area contributed by atoms with Crippen LogP contribution in [0.15, 0.2) is 95.6 Å². The van der Waals surface area contributed by atoms with Gasteiger partial charge in [-0.15, -0.1) is 0 Å². The number of rotatable bonds is 11. The molecular weight excluding hydrogens is 521 g/mol. The van der Waals surface area contributed by atoms with Crippen molar-refractivity contribution in [2.75, 3.05) is 9.62 Å². The van der Waals surface area contributed by atoms with Gasteiger partial charge < -0.3 is 19.2 Å². The molecule has 3 aromatic carbocycles. The first-order valence-corrected chi connectivity index (χ1v) is 13.3. The maximum atomic E-state index is 14.5. The van der Waals surface area contributed by atoms with E-state index in [1.54, 1.807) is 66.7 Å². The number of benzene rings is 3. The van der Waals surface area contributed by atoms with Gasteiger partial charge in [-0.2, -0.15) is 0 Å². The van der Waals surface area contributed by atoms with Gasteiger partial charge in [-0.05, 0) is 66.6 Å². The summed E-state index contributed by atoms with van der Waals surface area (Å²) in [6.45, 7) is 1.92. The Bertz CT molecular complexity index is 1440. The molecule has 1 unspecified atom stereocenters. The van der Waals surface area contributed by atoms with Gasteiger partial charge in [-0.1, -0.05) is 37.3 Å². The lowest BCUT2D eigenvalue weighted by Gasteiger charge is -2.30. The molecule has 0 radical (unpaired) electrons. The molecule has 8 nitrogen and oxygen atoms in total. The second kappa shape index (κ2) is 13.0. The first-order chi connectivity index (χ1) is 18.9. The molecule has 0 aliphatic heterocycles. The summed E-state index contributed by atoms with van der Waals surface area (Å²) in [5, 5.41) is 2.77. The standard InChI is InChI=1S/C29H28FN3O5S/c1-2-8-28(34)31-22-14-16-23(17-15-22)33(39(36)37)27-13-6-3-9-21(27)19-32(20-24-10-7-18-38-24)29(35)25-11-4-5-12-26(25)30/h3-7,9-18H,2,8,19-20H2,1H3,(H,31,34)(H,36,37)/p-1. The zero-order valence-electron chi connectivity index (χ0n) is 21.2. The summed E-state index contributed by atoms with van der Waals surface area (Å²) in [7, 11) is 0. The molecule has 202 valence electrons. The van der Waals surface area contributed by atoms with Crippen LogP contribution < -0.4 is 9.62 Å². The Labute approximate surface area is 228 Å². The molecule has 0 bridgehead atoms. The van der Waals surface area contributed by atoms with Crippen LogP contribution in [0.3, 0.4) is 0 Å². The minimum absolute atomic E-state index is 0.0249. The molecule has 1 aromatic heterocycles. The van der Waals surface area contributed by atoms with Crippen molar-refractivity contribution in [1.82, 2.24) is 4.90 Å². The number of furan rings is 1. The predicted molar refractivity (Wildman–Crippen MR) is 146 cm³/mol. The van der Waals surface area contributed by atoms with E-state index in [-0.39, 0.29) is 24.6 Å². The maximum absolute atomic E-state index is 14.5. The topological polar surface area (TPSA) is 106 Å². The number of nitrogens with one attached hydrogen (secondary N) is 1. The normalized spacial score (nSPS) is 11.6. The van der Waals surface area contributed by atoms with E-state index in [1.165, 1.54) is 29.4 Å². The van der Waals surface area contributed by atoms with E-state index in [9.17, 15) is 22.7 Å². The summed E-state index contributed by atoms with van der Waals surface area (Å²) in [4.78, 5) is 26.7. The number of halogens is 1. The van der Waals surface area contributed by atoms with Gasteiger partial charge in [-0.3, -0.25) is 18.1 Å². The van der Waals surface area contributed by atoms with Crippen LogP contribution >= 0.6 is 0 Å². The SMILES string of the molecule is CCCC(=O)Nc1ccc(N(c2ccccc2CN(Cc2ccco2)C(=O)c2ccccc2F)S(=O)[O-])cc1. The van der Waals surface area contributed by atoms with E-state index in [1.807, 2.05) is 6.92 Å². The molecule has 0 saturated heterocycles. The maximum Gasteiger partial charge on any atom is 0.257 e. The average Bonchev–Trinajstić information content (AvgIpc) is 3.43. The second-order valence-corrected chi connectivity index (χ2v) is 9.51. The highest BCUT2D eigenvalue weighted by molar-refractivity contribution is 7.81. The van der Waals surface area contributed by atoms with Crippen molar-refractivity contribution in [3.63, 3.8) is 0 Å². The van der Waals surface area contributed by atoms with E-state index in [4.69, 9.17) is 4.42 Å². The average molecular weight is 549 g/mol. The molecule has 4 aromatic rings. The number of hydrogen-bond acceptors (Lipinski definition) is 5. The minimum Gasteiger partial charge on any atom is -0.755 e. The lowest BCUT2D eigenvalue weighted by Crippen LogP contribution is -2.31. The number of amides is 2. The molecule has 0 aliphatic rings. The van der Waals surface area contributed by atoms with Crippen LogP contribution in [0.4, 0.5) is 21.5 Å². The fourth-order valence-electron chi connectivity index (χ4n) is 4.08. The second-order valence-electron chi connectivity index (χ2n) is 8.71. The first kappa shape index (κ1) is 27.7. The van der Waals surface area contributed by atoms with E-state index in [0.29, 0.717) is 41.2 Å². The Balaban J connectivity index is 1.66. The number of para-hydroxylation sites is 1. The lowest BCUT2D eigenvalue weighted by atomic mass is 10.1. The number of nitrogens with zero attached hydrogens (tertiary/aromatic N) is 2. The van der Waals surface area contributed by atoms with Crippen molar-refractivity contribution in [3.8, 4) is 0 Å². The minimum atomic E-state index is -2.72. The largest absolute Gasteiger partial charge is 0.755 e. The van der Waals surface area contributed by atoms with Crippen molar-refractivity contribution in [3.05, 3.63) is 114 Å². The molecule has 1 N–H and O–H groups in total. The molecular formula is C29H27FN3O5S-. The van der Waals surface area contributed by atoms with E-state index < -0.39 is 23.0 Å². The third-order valence-electron chi connectivity index (χ3n) is 5.90. The molecule has 39 heavy (non-hydrogen) atoms. The molecule has 0 spiro atoms. The first-order valence-electron chi connectivity index (χ1n) is 12.3. The summed E-state index contributed by atoms with van der Waals surface area (Å²) in [6, 6.07) is 22.2. The van der Waals surface area contributed by atoms with Crippen LogP contribution in [0.1, 0.15) is 41.4 Å². The number of anilines is 3. The van der Waals surface area contributed by atoms with Crippen LogP contribution in [0, 0.1) is 5.82 Å². The summed E-state index contributed by atoms with van der Waals surface area (Å²) < 4.78 is 46.0. The van der Waals surface area contributed by atoms with Gasteiger partial charge >= 0.3 is 0 Å². The summed E-state index contributed by atoms with van der Waals surface area (Å²) in [6.07, 6.45) is 2.57. The zero-order valence-corrected chi connectivity index (χ0v) is 22.0. The Morgan fingerprint density at radius 2 is 1.67 bits per heavy atom. The quantitative estimate of drug-likeness (QED) is 0.234. The summed E-state index contributed by atoms with van der Waals surface area (Å²) >= 11 is -2.72.